The summed E-state index contributed by atoms with van der Waals surface area (Å²) >= 11 is 3.34. The lowest BCUT2D eigenvalue weighted by Gasteiger charge is -2.24. The van der Waals surface area contributed by atoms with Gasteiger partial charge < -0.3 is 4.74 Å². The second kappa shape index (κ2) is 4.01. The third kappa shape index (κ3) is 1.89. The molecule has 0 bridgehead atoms. The second-order valence-corrected chi connectivity index (χ2v) is 4.87. The average Bonchev–Trinajstić information content (AvgIpc) is 2.19. The molecule has 0 aliphatic carbocycles. The summed E-state index contributed by atoms with van der Waals surface area (Å²) in [6.45, 7) is 3.37. The second-order valence-electron chi connectivity index (χ2n) is 3.96. The van der Waals surface area contributed by atoms with Crippen LogP contribution in [-0.4, -0.2) is 17.9 Å². The van der Waals surface area contributed by atoms with E-state index in [1.807, 2.05) is 13.0 Å². The Labute approximate surface area is 102 Å². The van der Waals surface area contributed by atoms with Crippen molar-refractivity contribution in [2.75, 3.05) is 0 Å². The Balaban J connectivity index is 2.50. The molecule has 1 aliphatic heterocycles. The van der Waals surface area contributed by atoms with Crippen molar-refractivity contribution in [3.8, 4) is 0 Å². The maximum atomic E-state index is 11.7. The summed E-state index contributed by atoms with van der Waals surface area (Å²) in [6, 6.07) is 3.68. The van der Waals surface area contributed by atoms with Gasteiger partial charge in [-0.2, -0.15) is 0 Å². The Morgan fingerprint density at radius 3 is 2.81 bits per heavy atom. The van der Waals surface area contributed by atoms with E-state index in [1.165, 1.54) is 6.92 Å². The summed E-state index contributed by atoms with van der Waals surface area (Å²) in [6.07, 6.45) is -0.143. The summed E-state index contributed by atoms with van der Waals surface area (Å²) in [5, 5.41) is 0. The average molecular weight is 283 g/mol. The van der Waals surface area contributed by atoms with Crippen LogP contribution in [0, 0.1) is 6.92 Å². The number of hydrogen-bond acceptors (Lipinski definition) is 3. The number of carbonyl (C=O) groups is 2. The first-order chi connectivity index (χ1) is 7.49. The zero-order valence-electron chi connectivity index (χ0n) is 9.04. The van der Waals surface area contributed by atoms with Gasteiger partial charge in [0.1, 0.15) is 0 Å². The zero-order chi connectivity index (χ0) is 11.9. The molecule has 0 aromatic heterocycles. The monoisotopic (exact) mass is 282 g/mol. The first-order valence-electron chi connectivity index (χ1n) is 4.99. The normalized spacial score (nSPS) is 18.9. The first kappa shape index (κ1) is 11.3. The van der Waals surface area contributed by atoms with Crippen molar-refractivity contribution in [1.29, 1.82) is 0 Å². The smallest absolute Gasteiger partial charge is 0.339 e. The molecule has 4 heteroatoms. The number of aryl methyl sites for hydroxylation is 1. The van der Waals surface area contributed by atoms with Gasteiger partial charge in [-0.1, -0.05) is 15.9 Å². The van der Waals surface area contributed by atoms with E-state index in [-0.39, 0.29) is 5.78 Å². The van der Waals surface area contributed by atoms with Crippen molar-refractivity contribution in [1.82, 2.24) is 0 Å². The lowest BCUT2D eigenvalue weighted by molar-refractivity contribution is -0.125. The highest BCUT2D eigenvalue weighted by molar-refractivity contribution is 9.10. The molecule has 16 heavy (non-hydrogen) atoms. The molecule has 0 radical (unpaired) electrons. The van der Waals surface area contributed by atoms with Gasteiger partial charge in [-0.05, 0) is 37.1 Å². The Kier molecular flexibility index (Phi) is 2.84. The number of rotatable bonds is 1. The summed E-state index contributed by atoms with van der Waals surface area (Å²) in [7, 11) is 0. The minimum atomic E-state index is -0.625. The van der Waals surface area contributed by atoms with E-state index < -0.39 is 12.1 Å². The van der Waals surface area contributed by atoms with Gasteiger partial charge in [-0.15, -0.1) is 0 Å². The summed E-state index contributed by atoms with van der Waals surface area (Å²) in [4.78, 5) is 23.0. The fourth-order valence-corrected chi connectivity index (χ4v) is 2.44. The third-order valence-electron chi connectivity index (χ3n) is 2.75. The Morgan fingerprint density at radius 2 is 2.19 bits per heavy atom. The van der Waals surface area contributed by atoms with Gasteiger partial charge in [0.05, 0.1) is 5.56 Å². The van der Waals surface area contributed by atoms with Crippen LogP contribution in [0.2, 0.25) is 0 Å². The molecule has 1 aliphatic rings. The summed E-state index contributed by atoms with van der Waals surface area (Å²) in [5.41, 5.74) is 2.48. The van der Waals surface area contributed by atoms with E-state index in [9.17, 15) is 9.59 Å². The standard InChI is InChI=1S/C12H11BrO3/c1-6-3-8(13)4-10-9(6)5-11(7(2)14)16-12(10)15/h3-4,11H,5H2,1-2H3. The number of benzene rings is 1. The van der Waals surface area contributed by atoms with Gasteiger partial charge in [0, 0.05) is 10.9 Å². The fourth-order valence-electron chi connectivity index (χ4n) is 1.87. The van der Waals surface area contributed by atoms with E-state index >= 15 is 0 Å². The number of halogens is 1. The van der Waals surface area contributed by atoms with Crippen LogP contribution in [0.25, 0.3) is 0 Å². The van der Waals surface area contributed by atoms with Crippen LogP contribution in [0.1, 0.15) is 28.4 Å². The van der Waals surface area contributed by atoms with Crippen molar-refractivity contribution in [3.05, 3.63) is 33.3 Å². The molecular weight excluding hydrogens is 272 g/mol. The third-order valence-corrected chi connectivity index (χ3v) is 3.21. The minimum absolute atomic E-state index is 0.110. The Bertz CT molecular complexity index is 479. The van der Waals surface area contributed by atoms with Crippen molar-refractivity contribution in [2.45, 2.75) is 26.4 Å². The van der Waals surface area contributed by atoms with Crippen molar-refractivity contribution in [3.63, 3.8) is 0 Å². The highest BCUT2D eigenvalue weighted by Gasteiger charge is 2.30. The lowest BCUT2D eigenvalue weighted by atomic mass is 9.93. The van der Waals surface area contributed by atoms with Gasteiger partial charge in [0.2, 0.25) is 0 Å². The van der Waals surface area contributed by atoms with Crippen LogP contribution in [-0.2, 0) is 16.0 Å². The number of hydrogen-bond donors (Lipinski definition) is 0. The minimum Gasteiger partial charge on any atom is -0.450 e. The van der Waals surface area contributed by atoms with E-state index in [1.54, 1.807) is 6.07 Å². The number of cyclic esters (lactones) is 1. The molecule has 0 saturated carbocycles. The number of esters is 1. The SMILES string of the molecule is CC(=O)C1Cc2c(C)cc(Br)cc2C(=O)O1. The molecular formula is C12H11BrO3. The van der Waals surface area contributed by atoms with Crippen LogP contribution in [0.4, 0.5) is 0 Å². The molecule has 0 fully saturated rings. The largest absolute Gasteiger partial charge is 0.450 e. The number of Topliss-reactive ketones (excluding diaryl/α,β-unsaturated/α-hetero) is 1. The summed E-state index contributed by atoms with van der Waals surface area (Å²) in [5.74, 6) is -0.521. The molecule has 0 saturated heterocycles. The molecule has 0 N–H and O–H groups in total. The molecule has 1 heterocycles. The van der Waals surface area contributed by atoms with Gasteiger partial charge in [-0.3, -0.25) is 4.79 Å². The number of fused-ring (bicyclic) bond motifs is 1. The van der Waals surface area contributed by atoms with Crippen LogP contribution < -0.4 is 0 Å². The van der Waals surface area contributed by atoms with Crippen LogP contribution in [0.5, 0.6) is 0 Å². The molecule has 2 rings (SSSR count). The lowest BCUT2D eigenvalue weighted by Crippen LogP contribution is -2.33. The van der Waals surface area contributed by atoms with Gasteiger partial charge in [0.25, 0.3) is 0 Å². The van der Waals surface area contributed by atoms with Gasteiger partial charge >= 0.3 is 5.97 Å². The topological polar surface area (TPSA) is 43.4 Å². The quantitative estimate of drug-likeness (QED) is 0.743. The van der Waals surface area contributed by atoms with Crippen molar-refractivity contribution < 1.29 is 14.3 Å². The molecule has 0 spiro atoms. The summed E-state index contributed by atoms with van der Waals surface area (Å²) < 4.78 is 5.92. The van der Waals surface area contributed by atoms with Crippen LogP contribution >= 0.6 is 15.9 Å². The molecule has 3 nitrogen and oxygen atoms in total. The van der Waals surface area contributed by atoms with Crippen molar-refractivity contribution >= 4 is 27.7 Å². The van der Waals surface area contributed by atoms with E-state index in [4.69, 9.17) is 4.74 Å². The number of ketones is 1. The molecule has 1 aromatic rings. The number of ether oxygens (including phenoxy) is 1. The van der Waals surface area contributed by atoms with E-state index in [0.29, 0.717) is 12.0 Å². The fraction of sp³-hybridized carbons (Fsp3) is 0.333. The Morgan fingerprint density at radius 1 is 1.50 bits per heavy atom. The molecule has 1 atom stereocenters. The Hall–Kier alpha value is -1.16. The number of carbonyl (C=O) groups excluding carboxylic acids is 2. The van der Waals surface area contributed by atoms with E-state index in [2.05, 4.69) is 15.9 Å². The molecule has 1 unspecified atom stereocenters. The van der Waals surface area contributed by atoms with Crippen LogP contribution in [0.3, 0.4) is 0 Å². The predicted molar refractivity (Wildman–Crippen MR) is 62.5 cm³/mol. The maximum absolute atomic E-state index is 11.7. The van der Waals surface area contributed by atoms with Crippen molar-refractivity contribution in [2.24, 2.45) is 0 Å². The van der Waals surface area contributed by atoms with Crippen LogP contribution in [0.15, 0.2) is 16.6 Å². The predicted octanol–water partition coefficient (Wildman–Crippen LogP) is 2.43. The maximum Gasteiger partial charge on any atom is 0.339 e. The zero-order valence-corrected chi connectivity index (χ0v) is 10.6. The van der Waals surface area contributed by atoms with E-state index in [0.717, 1.165) is 15.6 Å². The first-order valence-corrected chi connectivity index (χ1v) is 5.79. The van der Waals surface area contributed by atoms with Gasteiger partial charge in [-0.25, -0.2) is 4.79 Å². The highest BCUT2D eigenvalue weighted by Crippen LogP contribution is 2.27. The molecule has 0 amide bonds. The van der Waals surface area contributed by atoms with Gasteiger partial charge in [0.15, 0.2) is 11.9 Å². The highest BCUT2D eigenvalue weighted by atomic mass is 79.9. The molecule has 1 aromatic carbocycles. The molecule has 84 valence electrons.